The molecule has 0 N–H and O–H groups in total. The number of carbonyl (C=O) groups is 1. The second kappa shape index (κ2) is 7.80. The van der Waals surface area contributed by atoms with Gasteiger partial charge in [-0.05, 0) is 20.3 Å². The highest BCUT2D eigenvalue weighted by atomic mass is 16.6. The predicted octanol–water partition coefficient (Wildman–Crippen LogP) is 1.92. The van der Waals surface area contributed by atoms with Crippen molar-refractivity contribution >= 4 is 5.97 Å². The molecule has 0 rings (SSSR count). The second-order valence-electron chi connectivity index (χ2n) is 2.63. The van der Waals surface area contributed by atoms with Crippen LogP contribution in [0.3, 0.4) is 0 Å². The summed E-state index contributed by atoms with van der Waals surface area (Å²) in [6.45, 7) is 7.11. The molecule has 0 amide bonds. The zero-order chi connectivity index (χ0) is 10.1. The van der Waals surface area contributed by atoms with Crippen molar-refractivity contribution in [1.29, 1.82) is 0 Å². The molecule has 0 radical (unpaired) electrons. The lowest BCUT2D eigenvalue weighted by Gasteiger charge is -2.04. The van der Waals surface area contributed by atoms with Crippen LogP contribution < -0.4 is 0 Å². The van der Waals surface area contributed by atoms with Crippen LogP contribution >= 0.6 is 0 Å². The maximum absolute atomic E-state index is 11.2. The van der Waals surface area contributed by atoms with Crippen LogP contribution in [0, 0.1) is 0 Å². The van der Waals surface area contributed by atoms with E-state index < -0.39 is 0 Å². The van der Waals surface area contributed by atoms with E-state index in [0.29, 0.717) is 25.4 Å². The summed E-state index contributed by atoms with van der Waals surface area (Å²) in [5, 5.41) is 0. The van der Waals surface area contributed by atoms with E-state index in [9.17, 15) is 4.79 Å². The minimum Gasteiger partial charge on any atom is -0.460 e. The Morgan fingerprint density at radius 1 is 1.31 bits per heavy atom. The van der Waals surface area contributed by atoms with Gasteiger partial charge in [-0.1, -0.05) is 13.0 Å². The fourth-order valence-electron chi connectivity index (χ4n) is 0.841. The highest BCUT2D eigenvalue weighted by molar-refractivity contribution is 5.87. The smallest absolute Gasteiger partial charge is 0.333 e. The van der Waals surface area contributed by atoms with Gasteiger partial charge in [0.1, 0.15) is 6.61 Å². The number of carbonyl (C=O) groups excluding carboxylic acids is 1. The van der Waals surface area contributed by atoms with Gasteiger partial charge in [-0.3, -0.25) is 0 Å². The zero-order valence-corrected chi connectivity index (χ0v) is 8.63. The fraction of sp³-hybridized carbons (Fsp3) is 0.700. The number of ether oxygens (including phenoxy) is 2. The molecule has 3 heteroatoms. The van der Waals surface area contributed by atoms with Crippen LogP contribution in [0.2, 0.25) is 0 Å². The molecule has 13 heavy (non-hydrogen) atoms. The molecule has 0 aromatic heterocycles. The van der Waals surface area contributed by atoms with Gasteiger partial charge in [-0.25, -0.2) is 4.79 Å². The van der Waals surface area contributed by atoms with Crippen molar-refractivity contribution in [2.45, 2.75) is 27.2 Å². The molecule has 3 nitrogen and oxygen atoms in total. The van der Waals surface area contributed by atoms with Crippen molar-refractivity contribution in [2.24, 2.45) is 0 Å². The van der Waals surface area contributed by atoms with E-state index in [1.165, 1.54) is 0 Å². The summed E-state index contributed by atoms with van der Waals surface area (Å²) in [6, 6.07) is 0. The number of rotatable bonds is 6. The molecular formula is C10H18O3. The first-order chi connectivity index (χ1) is 6.22. The highest BCUT2D eigenvalue weighted by Crippen LogP contribution is 1.98. The standard InChI is InChI=1S/C10H18O3/c1-4-6-9(3)10(11)13-8-7-12-5-2/h6H,4-5,7-8H2,1-3H3. The second-order valence-corrected chi connectivity index (χ2v) is 2.63. The largest absolute Gasteiger partial charge is 0.460 e. The van der Waals surface area contributed by atoms with Crippen molar-refractivity contribution in [3.05, 3.63) is 11.6 Å². The number of hydrogen-bond acceptors (Lipinski definition) is 3. The lowest BCUT2D eigenvalue weighted by molar-refractivity contribution is -0.140. The van der Waals surface area contributed by atoms with Crippen molar-refractivity contribution < 1.29 is 14.3 Å². The molecule has 0 aliphatic carbocycles. The minimum atomic E-state index is -0.249. The average molecular weight is 186 g/mol. The first-order valence-corrected chi connectivity index (χ1v) is 4.64. The number of esters is 1. The van der Waals surface area contributed by atoms with Crippen LogP contribution in [0.4, 0.5) is 0 Å². The van der Waals surface area contributed by atoms with Crippen molar-refractivity contribution in [2.75, 3.05) is 19.8 Å². The average Bonchev–Trinajstić information content (AvgIpc) is 2.12. The summed E-state index contributed by atoms with van der Waals surface area (Å²) in [7, 11) is 0. The maximum atomic E-state index is 11.2. The van der Waals surface area contributed by atoms with Crippen LogP contribution in [-0.4, -0.2) is 25.8 Å². The van der Waals surface area contributed by atoms with E-state index >= 15 is 0 Å². The van der Waals surface area contributed by atoms with Crippen LogP contribution in [0.25, 0.3) is 0 Å². The monoisotopic (exact) mass is 186 g/mol. The van der Waals surface area contributed by atoms with Gasteiger partial charge >= 0.3 is 5.97 Å². The molecule has 0 atom stereocenters. The van der Waals surface area contributed by atoms with Crippen molar-refractivity contribution in [1.82, 2.24) is 0 Å². The Morgan fingerprint density at radius 3 is 2.54 bits per heavy atom. The van der Waals surface area contributed by atoms with Crippen molar-refractivity contribution in [3.63, 3.8) is 0 Å². The van der Waals surface area contributed by atoms with E-state index in [4.69, 9.17) is 9.47 Å². The predicted molar refractivity (Wildman–Crippen MR) is 51.5 cm³/mol. The molecule has 0 spiro atoms. The zero-order valence-electron chi connectivity index (χ0n) is 8.63. The van der Waals surface area contributed by atoms with Gasteiger partial charge in [0.2, 0.25) is 0 Å². The van der Waals surface area contributed by atoms with Crippen LogP contribution in [0.5, 0.6) is 0 Å². The summed E-state index contributed by atoms with van der Waals surface area (Å²) < 4.78 is 9.95. The number of allylic oxidation sites excluding steroid dienone is 1. The molecule has 0 bridgehead atoms. The maximum Gasteiger partial charge on any atom is 0.333 e. The third-order valence-electron chi connectivity index (χ3n) is 1.50. The van der Waals surface area contributed by atoms with Gasteiger partial charge in [-0.15, -0.1) is 0 Å². The minimum absolute atomic E-state index is 0.249. The normalized spacial score (nSPS) is 11.5. The van der Waals surface area contributed by atoms with Crippen LogP contribution in [0.1, 0.15) is 27.2 Å². The molecular weight excluding hydrogens is 168 g/mol. The first kappa shape index (κ1) is 12.2. The summed E-state index contributed by atoms with van der Waals surface area (Å²) in [5.74, 6) is -0.249. The van der Waals surface area contributed by atoms with E-state index in [2.05, 4.69) is 0 Å². The molecule has 0 aromatic rings. The summed E-state index contributed by atoms with van der Waals surface area (Å²) in [5.41, 5.74) is 0.666. The van der Waals surface area contributed by atoms with Gasteiger partial charge in [0.25, 0.3) is 0 Å². The molecule has 0 saturated heterocycles. The molecule has 0 aliphatic heterocycles. The first-order valence-electron chi connectivity index (χ1n) is 4.64. The summed E-state index contributed by atoms with van der Waals surface area (Å²) >= 11 is 0. The lowest BCUT2D eigenvalue weighted by atomic mass is 10.2. The third kappa shape index (κ3) is 6.34. The molecule has 0 saturated carbocycles. The SMILES string of the molecule is CCC=C(C)C(=O)OCCOCC. The summed E-state index contributed by atoms with van der Waals surface area (Å²) in [6.07, 6.45) is 2.70. The molecule has 0 fully saturated rings. The quantitative estimate of drug-likeness (QED) is 0.361. The Hall–Kier alpha value is -0.830. The van der Waals surface area contributed by atoms with Gasteiger partial charge in [-0.2, -0.15) is 0 Å². The Balaban J connectivity index is 3.56. The lowest BCUT2D eigenvalue weighted by Crippen LogP contribution is -2.11. The van der Waals surface area contributed by atoms with Gasteiger partial charge in [0.15, 0.2) is 0 Å². The van der Waals surface area contributed by atoms with E-state index in [1.807, 2.05) is 19.9 Å². The Kier molecular flexibility index (Phi) is 7.30. The molecule has 0 heterocycles. The Morgan fingerprint density at radius 2 is 2.00 bits per heavy atom. The summed E-state index contributed by atoms with van der Waals surface area (Å²) in [4.78, 5) is 11.2. The fourth-order valence-corrected chi connectivity index (χ4v) is 0.841. The van der Waals surface area contributed by atoms with Gasteiger partial charge in [0, 0.05) is 12.2 Å². The van der Waals surface area contributed by atoms with Crippen LogP contribution in [0.15, 0.2) is 11.6 Å². The topological polar surface area (TPSA) is 35.5 Å². The molecule has 76 valence electrons. The Bertz CT molecular complexity index is 173. The highest BCUT2D eigenvalue weighted by Gasteiger charge is 2.03. The van der Waals surface area contributed by atoms with E-state index in [-0.39, 0.29) is 5.97 Å². The molecule has 0 unspecified atom stereocenters. The Labute approximate surface area is 79.7 Å². The van der Waals surface area contributed by atoms with E-state index in [1.54, 1.807) is 6.92 Å². The third-order valence-corrected chi connectivity index (χ3v) is 1.50. The van der Waals surface area contributed by atoms with E-state index in [0.717, 1.165) is 6.42 Å². The van der Waals surface area contributed by atoms with Gasteiger partial charge in [0.05, 0.1) is 6.61 Å². The van der Waals surface area contributed by atoms with Crippen molar-refractivity contribution in [3.8, 4) is 0 Å². The number of hydrogen-bond donors (Lipinski definition) is 0. The molecule has 0 aromatic carbocycles. The van der Waals surface area contributed by atoms with Crippen LogP contribution in [-0.2, 0) is 14.3 Å². The van der Waals surface area contributed by atoms with Gasteiger partial charge < -0.3 is 9.47 Å². The molecule has 0 aliphatic rings.